The Kier molecular flexibility index (Phi) is 12.7. The van der Waals surface area contributed by atoms with Crippen LogP contribution in [0, 0.1) is 0 Å². The maximum absolute atomic E-state index is 5.54. The molecule has 0 unspecified atom stereocenters. The zero-order valence-corrected chi connectivity index (χ0v) is 13.2. The lowest BCUT2D eigenvalue weighted by atomic mass is 10.1. The Balaban J connectivity index is 3.35. The van der Waals surface area contributed by atoms with Crippen molar-refractivity contribution >= 4 is 0 Å². The van der Waals surface area contributed by atoms with Crippen LogP contribution in [0.15, 0.2) is 0 Å². The van der Waals surface area contributed by atoms with Gasteiger partial charge in [-0.25, -0.2) is 0 Å². The Bertz CT molecular complexity index is 173. The highest BCUT2D eigenvalue weighted by molar-refractivity contribution is 4.53. The molecule has 0 aliphatic rings. The fourth-order valence-electron chi connectivity index (χ4n) is 1.96. The summed E-state index contributed by atoms with van der Waals surface area (Å²) < 4.78 is 21.0. The Morgan fingerprint density at radius 1 is 0.684 bits per heavy atom. The molecule has 0 fully saturated rings. The summed E-state index contributed by atoms with van der Waals surface area (Å²) in [4.78, 5) is 0. The SMILES string of the molecule is CCCCCCCCCCOCC(OC)(OC)OC. The van der Waals surface area contributed by atoms with Crippen molar-refractivity contribution in [1.29, 1.82) is 0 Å². The molecular formula is C15H32O4. The predicted octanol–water partition coefficient (Wildman–Crippen LogP) is 3.74. The number of rotatable bonds is 14. The lowest BCUT2D eigenvalue weighted by molar-refractivity contribution is -0.368. The molecule has 0 atom stereocenters. The first-order valence-electron chi connectivity index (χ1n) is 7.48. The van der Waals surface area contributed by atoms with E-state index in [1.807, 2.05) is 0 Å². The molecule has 0 heterocycles. The number of hydrogen-bond acceptors (Lipinski definition) is 4. The van der Waals surface area contributed by atoms with Crippen LogP contribution in [-0.4, -0.2) is 40.5 Å². The molecule has 0 spiro atoms. The molecule has 0 amide bonds. The number of methoxy groups -OCH3 is 3. The molecule has 0 rings (SSSR count). The van der Waals surface area contributed by atoms with Crippen LogP contribution in [-0.2, 0) is 18.9 Å². The van der Waals surface area contributed by atoms with E-state index >= 15 is 0 Å². The van der Waals surface area contributed by atoms with Crippen molar-refractivity contribution in [3.63, 3.8) is 0 Å². The van der Waals surface area contributed by atoms with Crippen LogP contribution >= 0.6 is 0 Å². The summed E-state index contributed by atoms with van der Waals surface area (Å²) in [6.07, 6.45) is 10.4. The lowest BCUT2D eigenvalue weighted by Gasteiger charge is -2.28. The molecule has 0 N–H and O–H groups in total. The molecule has 0 aromatic carbocycles. The van der Waals surface area contributed by atoms with Crippen LogP contribution in [0.5, 0.6) is 0 Å². The van der Waals surface area contributed by atoms with E-state index < -0.39 is 5.97 Å². The molecule has 0 saturated carbocycles. The third-order valence-corrected chi connectivity index (χ3v) is 3.35. The maximum atomic E-state index is 5.54. The van der Waals surface area contributed by atoms with Gasteiger partial charge in [-0.1, -0.05) is 51.9 Å². The van der Waals surface area contributed by atoms with E-state index in [2.05, 4.69) is 6.92 Å². The second kappa shape index (κ2) is 12.9. The summed E-state index contributed by atoms with van der Waals surface area (Å²) in [6.45, 7) is 3.28. The van der Waals surface area contributed by atoms with Crippen LogP contribution in [0.3, 0.4) is 0 Å². The zero-order valence-electron chi connectivity index (χ0n) is 13.2. The average Bonchev–Trinajstić information content (AvgIpc) is 2.46. The third-order valence-electron chi connectivity index (χ3n) is 3.35. The fraction of sp³-hybridized carbons (Fsp3) is 1.00. The quantitative estimate of drug-likeness (QED) is 0.358. The minimum absolute atomic E-state index is 0.299. The Hall–Kier alpha value is -0.160. The normalized spacial score (nSPS) is 12.0. The van der Waals surface area contributed by atoms with Crippen LogP contribution in [0.25, 0.3) is 0 Å². The topological polar surface area (TPSA) is 36.9 Å². The molecule has 0 bridgehead atoms. The first-order chi connectivity index (χ1) is 9.24. The van der Waals surface area contributed by atoms with Crippen molar-refractivity contribution in [3.8, 4) is 0 Å². The predicted molar refractivity (Wildman–Crippen MR) is 77.2 cm³/mol. The van der Waals surface area contributed by atoms with Gasteiger partial charge in [0.1, 0.15) is 6.61 Å². The summed E-state index contributed by atoms with van der Waals surface area (Å²) in [5.74, 6) is -1.06. The molecular weight excluding hydrogens is 244 g/mol. The number of unbranched alkanes of at least 4 members (excludes halogenated alkanes) is 7. The van der Waals surface area contributed by atoms with Gasteiger partial charge in [0.25, 0.3) is 0 Å². The van der Waals surface area contributed by atoms with Crippen molar-refractivity contribution in [2.75, 3.05) is 34.5 Å². The molecule has 0 aromatic rings. The van der Waals surface area contributed by atoms with Gasteiger partial charge in [0.05, 0.1) is 0 Å². The van der Waals surface area contributed by atoms with Crippen LogP contribution in [0.1, 0.15) is 58.3 Å². The summed E-state index contributed by atoms with van der Waals surface area (Å²) in [5.41, 5.74) is 0. The van der Waals surface area contributed by atoms with Crippen molar-refractivity contribution in [2.24, 2.45) is 0 Å². The van der Waals surface area contributed by atoms with Gasteiger partial charge >= 0.3 is 5.97 Å². The van der Waals surface area contributed by atoms with E-state index in [1.165, 1.54) is 44.9 Å². The zero-order chi connectivity index (χ0) is 14.4. The van der Waals surface area contributed by atoms with Gasteiger partial charge in [-0.15, -0.1) is 0 Å². The van der Waals surface area contributed by atoms with Crippen LogP contribution < -0.4 is 0 Å². The highest BCUT2D eigenvalue weighted by atomic mass is 16.9. The molecule has 0 aliphatic heterocycles. The second-order valence-corrected chi connectivity index (χ2v) is 4.82. The van der Waals surface area contributed by atoms with E-state index in [-0.39, 0.29) is 0 Å². The van der Waals surface area contributed by atoms with E-state index in [9.17, 15) is 0 Å². The Morgan fingerprint density at radius 3 is 1.63 bits per heavy atom. The van der Waals surface area contributed by atoms with Crippen molar-refractivity contribution in [2.45, 2.75) is 64.3 Å². The van der Waals surface area contributed by atoms with Gasteiger partial charge in [-0.05, 0) is 6.42 Å². The molecule has 0 saturated heterocycles. The van der Waals surface area contributed by atoms with E-state index in [0.29, 0.717) is 6.61 Å². The Morgan fingerprint density at radius 2 is 1.16 bits per heavy atom. The molecule has 0 aliphatic carbocycles. The minimum atomic E-state index is -1.06. The van der Waals surface area contributed by atoms with Gasteiger partial charge in [0.15, 0.2) is 0 Å². The van der Waals surface area contributed by atoms with E-state index in [4.69, 9.17) is 18.9 Å². The van der Waals surface area contributed by atoms with Crippen LogP contribution in [0.4, 0.5) is 0 Å². The minimum Gasteiger partial charge on any atom is -0.373 e. The molecule has 19 heavy (non-hydrogen) atoms. The summed E-state index contributed by atoms with van der Waals surface area (Å²) in [7, 11) is 4.64. The van der Waals surface area contributed by atoms with Gasteiger partial charge in [-0.2, -0.15) is 0 Å². The van der Waals surface area contributed by atoms with Crippen LogP contribution in [0.2, 0.25) is 0 Å². The standard InChI is InChI=1S/C15H32O4/c1-5-6-7-8-9-10-11-12-13-19-14-15(16-2,17-3)18-4/h5-14H2,1-4H3. The molecule has 116 valence electrons. The van der Waals surface area contributed by atoms with Gasteiger partial charge < -0.3 is 18.9 Å². The summed E-state index contributed by atoms with van der Waals surface area (Å²) in [5, 5.41) is 0. The van der Waals surface area contributed by atoms with Crippen molar-refractivity contribution in [3.05, 3.63) is 0 Å². The first-order valence-corrected chi connectivity index (χ1v) is 7.48. The van der Waals surface area contributed by atoms with Gasteiger partial charge in [-0.3, -0.25) is 0 Å². The fourth-order valence-corrected chi connectivity index (χ4v) is 1.96. The molecule has 4 nitrogen and oxygen atoms in total. The highest BCUT2D eigenvalue weighted by Crippen LogP contribution is 2.13. The second-order valence-electron chi connectivity index (χ2n) is 4.82. The van der Waals surface area contributed by atoms with Gasteiger partial charge in [0, 0.05) is 27.9 Å². The molecule has 0 radical (unpaired) electrons. The third kappa shape index (κ3) is 9.38. The van der Waals surface area contributed by atoms with Crippen molar-refractivity contribution in [1.82, 2.24) is 0 Å². The highest BCUT2D eigenvalue weighted by Gasteiger charge is 2.29. The summed E-state index contributed by atoms with van der Waals surface area (Å²) in [6, 6.07) is 0. The largest absolute Gasteiger partial charge is 0.373 e. The summed E-state index contributed by atoms with van der Waals surface area (Å²) >= 11 is 0. The van der Waals surface area contributed by atoms with E-state index in [0.717, 1.165) is 13.0 Å². The van der Waals surface area contributed by atoms with Crippen molar-refractivity contribution < 1.29 is 18.9 Å². The smallest absolute Gasteiger partial charge is 0.307 e. The Labute approximate surface area is 118 Å². The average molecular weight is 276 g/mol. The maximum Gasteiger partial charge on any atom is 0.307 e. The first kappa shape index (κ1) is 18.8. The monoisotopic (exact) mass is 276 g/mol. The number of ether oxygens (including phenoxy) is 4. The molecule has 0 aromatic heterocycles. The van der Waals surface area contributed by atoms with Gasteiger partial charge in [0.2, 0.25) is 0 Å². The molecule has 4 heteroatoms. The van der Waals surface area contributed by atoms with E-state index in [1.54, 1.807) is 21.3 Å². The lowest BCUT2D eigenvalue weighted by Crippen LogP contribution is -2.41. The number of hydrogen-bond donors (Lipinski definition) is 0.